The van der Waals surface area contributed by atoms with Gasteiger partial charge in [-0.05, 0) is 46.7 Å². The van der Waals surface area contributed by atoms with Crippen molar-refractivity contribution in [2.24, 2.45) is 0 Å². The van der Waals surface area contributed by atoms with Crippen LogP contribution in [0.4, 0.5) is 4.79 Å². The summed E-state index contributed by atoms with van der Waals surface area (Å²) >= 11 is 0. The van der Waals surface area contributed by atoms with Crippen molar-refractivity contribution in [2.75, 3.05) is 0 Å². The van der Waals surface area contributed by atoms with Gasteiger partial charge >= 0.3 is 6.03 Å². The molecule has 6 rings (SSSR count). The van der Waals surface area contributed by atoms with Gasteiger partial charge in [-0.1, -0.05) is 54.6 Å². The van der Waals surface area contributed by atoms with Crippen LogP contribution in [-0.4, -0.2) is 27.3 Å². The van der Waals surface area contributed by atoms with Crippen molar-refractivity contribution in [2.45, 2.75) is 13.1 Å². The minimum atomic E-state index is -0.766. The number of amides is 4. The SMILES string of the molecule is O=C1NC(=O)N(Cc2ccco2)C(=O)C1=Cc1cn(Cc2ccc3ccccc3c2)c2ccccc12. The number of nitrogens with zero attached hydrogens (tertiary/aromatic N) is 2. The molecule has 0 radical (unpaired) electrons. The number of barbiturate groups is 1. The molecule has 1 saturated heterocycles. The number of urea groups is 1. The number of para-hydroxylation sites is 1. The Morgan fingerprint density at radius 2 is 1.64 bits per heavy atom. The lowest BCUT2D eigenvalue weighted by atomic mass is 10.1. The molecule has 0 aliphatic carbocycles. The number of carbonyl (C=O) groups excluding carboxylic acids is 3. The zero-order valence-corrected chi connectivity index (χ0v) is 19.2. The fraction of sp³-hybridized carbons (Fsp3) is 0.0690. The highest BCUT2D eigenvalue weighted by Crippen LogP contribution is 2.27. The molecule has 3 aromatic carbocycles. The van der Waals surface area contributed by atoms with E-state index in [0.29, 0.717) is 12.3 Å². The molecule has 0 atom stereocenters. The highest BCUT2D eigenvalue weighted by molar-refractivity contribution is 6.31. The Balaban J connectivity index is 1.37. The number of hydrogen-bond donors (Lipinski definition) is 1. The molecule has 3 heterocycles. The minimum Gasteiger partial charge on any atom is -0.467 e. The Kier molecular flexibility index (Phi) is 5.22. The Hall–Kier alpha value is -4.91. The average molecular weight is 476 g/mol. The van der Waals surface area contributed by atoms with Gasteiger partial charge in [-0.2, -0.15) is 0 Å². The van der Waals surface area contributed by atoms with Crippen molar-refractivity contribution >= 4 is 45.6 Å². The van der Waals surface area contributed by atoms with Crippen LogP contribution in [-0.2, 0) is 22.7 Å². The lowest BCUT2D eigenvalue weighted by Gasteiger charge is -2.25. The molecule has 0 spiro atoms. The molecule has 2 aromatic heterocycles. The van der Waals surface area contributed by atoms with Crippen LogP contribution >= 0.6 is 0 Å². The predicted molar refractivity (Wildman–Crippen MR) is 136 cm³/mol. The first kappa shape index (κ1) is 21.6. The summed E-state index contributed by atoms with van der Waals surface area (Å²) < 4.78 is 7.38. The van der Waals surface area contributed by atoms with Gasteiger partial charge in [0.25, 0.3) is 11.8 Å². The number of rotatable bonds is 5. The van der Waals surface area contributed by atoms with E-state index in [-0.39, 0.29) is 12.1 Å². The molecule has 0 bridgehead atoms. The van der Waals surface area contributed by atoms with Crippen molar-refractivity contribution < 1.29 is 18.8 Å². The molecule has 0 unspecified atom stereocenters. The number of imide groups is 2. The standard InChI is InChI=1S/C29H21N3O4/c33-27-25(28(34)32(29(35)30-27)18-23-8-5-13-36-23)15-22-17-31(26-10-4-3-9-24(22)26)16-19-11-12-20-6-1-2-7-21(20)14-19/h1-15,17H,16,18H2,(H,30,33,35). The third-order valence-corrected chi connectivity index (χ3v) is 6.37. The lowest BCUT2D eigenvalue weighted by molar-refractivity contribution is -0.130. The molecule has 4 amide bonds. The largest absolute Gasteiger partial charge is 0.467 e. The topological polar surface area (TPSA) is 84.6 Å². The summed E-state index contributed by atoms with van der Waals surface area (Å²) in [5.74, 6) is -0.933. The van der Waals surface area contributed by atoms with Gasteiger partial charge in [-0.25, -0.2) is 4.79 Å². The van der Waals surface area contributed by atoms with E-state index in [4.69, 9.17) is 4.42 Å². The monoisotopic (exact) mass is 475 g/mol. The van der Waals surface area contributed by atoms with Crippen molar-refractivity contribution in [3.63, 3.8) is 0 Å². The maximum absolute atomic E-state index is 13.2. The number of aromatic nitrogens is 1. The number of furan rings is 1. The number of hydrogen-bond acceptors (Lipinski definition) is 4. The van der Waals surface area contributed by atoms with E-state index in [1.54, 1.807) is 18.2 Å². The molecule has 5 aromatic rings. The van der Waals surface area contributed by atoms with E-state index in [9.17, 15) is 14.4 Å². The Morgan fingerprint density at radius 3 is 2.47 bits per heavy atom. The summed E-state index contributed by atoms with van der Waals surface area (Å²) in [5.41, 5.74) is 2.73. The van der Waals surface area contributed by atoms with Crippen LogP contribution < -0.4 is 5.32 Å². The van der Waals surface area contributed by atoms with E-state index in [1.165, 1.54) is 17.0 Å². The molecule has 36 heavy (non-hydrogen) atoms. The summed E-state index contributed by atoms with van der Waals surface area (Å²) in [7, 11) is 0. The summed E-state index contributed by atoms with van der Waals surface area (Å²) in [6.07, 6.45) is 4.95. The van der Waals surface area contributed by atoms with Crippen LogP contribution in [0.5, 0.6) is 0 Å². The zero-order chi connectivity index (χ0) is 24.6. The summed E-state index contributed by atoms with van der Waals surface area (Å²) in [5, 5.41) is 5.51. The quantitative estimate of drug-likeness (QED) is 0.283. The summed E-state index contributed by atoms with van der Waals surface area (Å²) in [6.45, 7) is 0.559. The highest BCUT2D eigenvalue weighted by atomic mass is 16.3. The second-order valence-electron chi connectivity index (χ2n) is 8.70. The van der Waals surface area contributed by atoms with Gasteiger partial charge in [0.2, 0.25) is 0 Å². The van der Waals surface area contributed by atoms with Gasteiger partial charge in [0.1, 0.15) is 11.3 Å². The first-order valence-electron chi connectivity index (χ1n) is 11.5. The third kappa shape index (κ3) is 3.86. The van der Waals surface area contributed by atoms with Crippen molar-refractivity contribution in [1.29, 1.82) is 0 Å². The van der Waals surface area contributed by atoms with E-state index in [0.717, 1.165) is 26.9 Å². The van der Waals surface area contributed by atoms with E-state index < -0.39 is 17.8 Å². The molecule has 176 valence electrons. The maximum Gasteiger partial charge on any atom is 0.331 e. The number of benzene rings is 3. The van der Waals surface area contributed by atoms with Gasteiger partial charge in [-0.3, -0.25) is 19.8 Å². The fourth-order valence-electron chi connectivity index (χ4n) is 4.61. The molecular weight excluding hydrogens is 454 g/mol. The Morgan fingerprint density at radius 1 is 0.833 bits per heavy atom. The molecule has 7 nitrogen and oxygen atoms in total. The molecule has 1 aliphatic rings. The Labute approximate surface area is 206 Å². The highest BCUT2D eigenvalue weighted by Gasteiger charge is 2.36. The van der Waals surface area contributed by atoms with Crippen LogP contribution in [0.25, 0.3) is 27.8 Å². The van der Waals surface area contributed by atoms with Crippen LogP contribution in [0.2, 0.25) is 0 Å². The van der Waals surface area contributed by atoms with Crippen molar-refractivity contribution in [3.8, 4) is 0 Å². The van der Waals surface area contributed by atoms with Gasteiger partial charge in [0, 0.05) is 29.2 Å². The molecule has 0 saturated carbocycles. The molecule has 7 heteroatoms. The van der Waals surface area contributed by atoms with Crippen LogP contribution in [0.1, 0.15) is 16.9 Å². The van der Waals surface area contributed by atoms with Crippen molar-refractivity contribution in [1.82, 2.24) is 14.8 Å². The van der Waals surface area contributed by atoms with Gasteiger partial charge in [0.15, 0.2) is 0 Å². The summed E-state index contributed by atoms with van der Waals surface area (Å²) in [4.78, 5) is 39.1. The maximum atomic E-state index is 13.2. The third-order valence-electron chi connectivity index (χ3n) is 6.37. The van der Waals surface area contributed by atoms with Gasteiger partial charge in [-0.15, -0.1) is 0 Å². The normalized spacial score (nSPS) is 15.3. The number of nitrogens with one attached hydrogen (secondary N) is 1. The van der Waals surface area contributed by atoms with E-state index >= 15 is 0 Å². The Bertz CT molecular complexity index is 1680. The number of carbonyl (C=O) groups is 3. The molecule has 1 fully saturated rings. The van der Waals surface area contributed by atoms with Gasteiger partial charge < -0.3 is 8.98 Å². The lowest BCUT2D eigenvalue weighted by Crippen LogP contribution is -2.53. The summed E-state index contributed by atoms with van der Waals surface area (Å²) in [6, 6.07) is 25.0. The smallest absolute Gasteiger partial charge is 0.331 e. The van der Waals surface area contributed by atoms with Crippen molar-refractivity contribution in [3.05, 3.63) is 114 Å². The average Bonchev–Trinajstić information content (AvgIpc) is 3.53. The first-order chi connectivity index (χ1) is 17.6. The zero-order valence-electron chi connectivity index (χ0n) is 19.2. The number of fused-ring (bicyclic) bond motifs is 2. The second-order valence-corrected chi connectivity index (χ2v) is 8.70. The van der Waals surface area contributed by atoms with Crippen LogP contribution in [0, 0.1) is 0 Å². The molecule has 1 N–H and O–H groups in total. The van der Waals surface area contributed by atoms with Crippen LogP contribution in [0.15, 0.2) is 101 Å². The molecule has 1 aliphatic heterocycles. The van der Waals surface area contributed by atoms with Crippen LogP contribution in [0.3, 0.4) is 0 Å². The minimum absolute atomic E-state index is 0.0635. The molecular formula is C29H21N3O4. The van der Waals surface area contributed by atoms with E-state index in [2.05, 4.69) is 40.2 Å². The van der Waals surface area contributed by atoms with Gasteiger partial charge in [0.05, 0.1) is 12.8 Å². The fourth-order valence-corrected chi connectivity index (χ4v) is 4.61. The van der Waals surface area contributed by atoms with E-state index in [1.807, 2.05) is 42.6 Å². The predicted octanol–water partition coefficient (Wildman–Crippen LogP) is 5.10. The first-order valence-corrected chi connectivity index (χ1v) is 11.5. The second kappa shape index (κ2) is 8.70.